The van der Waals surface area contributed by atoms with Gasteiger partial charge in [0.1, 0.15) is 5.75 Å². The van der Waals surface area contributed by atoms with Crippen molar-refractivity contribution in [3.05, 3.63) is 29.8 Å². The summed E-state index contributed by atoms with van der Waals surface area (Å²) in [5.41, 5.74) is 0.943. The Kier molecular flexibility index (Phi) is 4.29. The van der Waals surface area contributed by atoms with Gasteiger partial charge in [-0.3, -0.25) is 0 Å². The number of rotatable bonds is 5. The number of hydrogen-bond acceptors (Lipinski definition) is 3. The van der Waals surface area contributed by atoms with E-state index in [1.54, 1.807) is 18.2 Å². The monoisotopic (exact) mass is 182 g/mol. The van der Waals surface area contributed by atoms with Crippen LogP contribution in [0.4, 0.5) is 0 Å². The minimum atomic E-state index is 0.153. The Morgan fingerprint density at radius 1 is 1.31 bits per heavy atom. The molecule has 0 saturated heterocycles. The quantitative estimate of drug-likeness (QED) is 0.675. The average Bonchev–Trinajstić information content (AvgIpc) is 2.13. The molecule has 1 rings (SSSR count). The lowest BCUT2D eigenvalue weighted by atomic mass is 10.2. The highest BCUT2D eigenvalue weighted by Gasteiger charge is 1.94. The zero-order valence-electron chi connectivity index (χ0n) is 7.44. The summed E-state index contributed by atoms with van der Waals surface area (Å²) >= 11 is 0. The number of benzene rings is 1. The Hall–Kier alpha value is -1.06. The Morgan fingerprint density at radius 3 is 2.85 bits per heavy atom. The van der Waals surface area contributed by atoms with Crippen LogP contribution in [-0.2, 0) is 11.3 Å². The summed E-state index contributed by atoms with van der Waals surface area (Å²) in [6.07, 6.45) is 0.652. The van der Waals surface area contributed by atoms with Gasteiger partial charge in [-0.25, -0.2) is 0 Å². The second-order valence-corrected chi connectivity index (χ2v) is 2.80. The first kappa shape index (κ1) is 10.0. The molecule has 0 saturated carbocycles. The molecule has 0 aromatic heterocycles. The van der Waals surface area contributed by atoms with E-state index in [-0.39, 0.29) is 12.4 Å². The van der Waals surface area contributed by atoms with E-state index in [9.17, 15) is 0 Å². The van der Waals surface area contributed by atoms with Crippen LogP contribution in [0.1, 0.15) is 12.0 Å². The van der Waals surface area contributed by atoms with Crippen LogP contribution < -0.4 is 0 Å². The van der Waals surface area contributed by atoms with Gasteiger partial charge in [0.15, 0.2) is 0 Å². The van der Waals surface area contributed by atoms with Gasteiger partial charge in [-0.2, -0.15) is 0 Å². The standard InChI is InChI=1S/C10H14O3/c11-5-2-6-13-8-9-3-1-4-10(12)7-9/h1,3-4,7,11-12H,2,5-6,8H2. The number of ether oxygens (including phenoxy) is 1. The van der Waals surface area contributed by atoms with Crippen molar-refractivity contribution in [2.24, 2.45) is 0 Å². The Balaban J connectivity index is 2.28. The smallest absolute Gasteiger partial charge is 0.115 e. The molecular formula is C10H14O3. The van der Waals surface area contributed by atoms with Gasteiger partial charge in [0.2, 0.25) is 0 Å². The zero-order valence-corrected chi connectivity index (χ0v) is 7.44. The van der Waals surface area contributed by atoms with Gasteiger partial charge in [0, 0.05) is 13.2 Å². The first-order chi connectivity index (χ1) is 6.33. The van der Waals surface area contributed by atoms with Crippen molar-refractivity contribution in [2.45, 2.75) is 13.0 Å². The lowest BCUT2D eigenvalue weighted by molar-refractivity contribution is 0.104. The summed E-state index contributed by atoms with van der Waals surface area (Å²) in [5.74, 6) is 0.253. The first-order valence-corrected chi connectivity index (χ1v) is 4.29. The molecule has 13 heavy (non-hydrogen) atoms. The summed E-state index contributed by atoms with van der Waals surface area (Å²) in [7, 11) is 0. The van der Waals surface area contributed by atoms with Crippen molar-refractivity contribution in [1.29, 1.82) is 0 Å². The predicted molar refractivity (Wildman–Crippen MR) is 49.5 cm³/mol. The van der Waals surface area contributed by atoms with Crippen molar-refractivity contribution < 1.29 is 14.9 Å². The number of phenolic OH excluding ortho intramolecular Hbond substituents is 1. The fourth-order valence-electron chi connectivity index (χ4n) is 1.00. The van der Waals surface area contributed by atoms with Gasteiger partial charge in [-0.15, -0.1) is 0 Å². The van der Waals surface area contributed by atoms with Crippen molar-refractivity contribution in [3.63, 3.8) is 0 Å². The number of aliphatic hydroxyl groups is 1. The molecule has 0 aliphatic heterocycles. The molecule has 72 valence electrons. The van der Waals surface area contributed by atoms with Crippen molar-refractivity contribution in [3.8, 4) is 5.75 Å². The maximum Gasteiger partial charge on any atom is 0.115 e. The molecule has 1 aromatic carbocycles. The van der Waals surface area contributed by atoms with E-state index in [1.807, 2.05) is 6.07 Å². The molecule has 0 amide bonds. The number of aromatic hydroxyl groups is 1. The molecule has 0 aliphatic carbocycles. The molecule has 0 radical (unpaired) electrons. The van der Waals surface area contributed by atoms with Crippen LogP contribution in [0, 0.1) is 0 Å². The van der Waals surface area contributed by atoms with Crippen LogP contribution in [0.5, 0.6) is 5.75 Å². The molecule has 0 atom stereocenters. The number of aliphatic hydroxyl groups excluding tert-OH is 1. The SMILES string of the molecule is OCCCOCc1cccc(O)c1. The lowest BCUT2D eigenvalue weighted by Crippen LogP contribution is -1.97. The lowest BCUT2D eigenvalue weighted by Gasteiger charge is -2.03. The molecule has 0 unspecified atom stereocenters. The summed E-state index contributed by atoms with van der Waals surface area (Å²) in [4.78, 5) is 0. The Labute approximate surface area is 77.6 Å². The van der Waals surface area contributed by atoms with Gasteiger partial charge in [-0.05, 0) is 24.1 Å². The van der Waals surface area contributed by atoms with E-state index >= 15 is 0 Å². The predicted octanol–water partition coefficient (Wildman–Crippen LogP) is 1.29. The van der Waals surface area contributed by atoms with Crippen LogP contribution in [0.3, 0.4) is 0 Å². The first-order valence-electron chi connectivity index (χ1n) is 4.29. The van der Waals surface area contributed by atoms with E-state index in [4.69, 9.17) is 14.9 Å². The molecule has 0 spiro atoms. The average molecular weight is 182 g/mol. The van der Waals surface area contributed by atoms with Crippen molar-refractivity contribution >= 4 is 0 Å². The van der Waals surface area contributed by atoms with Crippen LogP contribution >= 0.6 is 0 Å². The van der Waals surface area contributed by atoms with Gasteiger partial charge in [0.05, 0.1) is 6.61 Å². The summed E-state index contributed by atoms with van der Waals surface area (Å²) in [6.45, 7) is 1.18. The van der Waals surface area contributed by atoms with Gasteiger partial charge < -0.3 is 14.9 Å². The third-order valence-electron chi connectivity index (χ3n) is 1.63. The van der Waals surface area contributed by atoms with Gasteiger partial charge in [-0.1, -0.05) is 12.1 Å². The van der Waals surface area contributed by atoms with Crippen LogP contribution in [0.2, 0.25) is 0 Å². The summed E-state index contributed by atoms with van der Waals surface area (Å²) in [5, 5.41) is 17.6. The van der Waals surface area contributed by atoms with Crippen LogP contribution in [0.25, 0.3) is 0 Å². The van der Waals surface area contributed by atoms with Crippen molar-refractivity contribution in [1.82, 2.24) is 0 Å². The molecular weight excluding hydrogens is 168 g/mol. The number of phenols is 1. The minimum Gasteiger partial charge on any atom is -0.508 e. The Morgan fingerprint density at radius 2 is 2.15 bits per heavy atom. The van der Waals surface area contributed by atoms with E-state index in [2.05, 4.69) is 0 Å². The maximum absolute atomic E-state index is 9.12. The number of hydrogen-bond donors (Lipinski definition) is 2. The largest absolute Gasteiger partial charge is 0.508 e. The second-order valence-electron chi connectivity index (χ2n) is 2.80. The van der Waals surface area contributed by atoms with Crippen LogP contribution in [-0.4, -0.2) is 23.4 Å². The highest BCUT2D eigenvalue weighted by molar-refractivity contribution is 5.26. The molecule has 1 aromatic rings. The summed E-state index contributed by atoms with van der Waals surface area (Å²) < 4.78 is 5.24. The molecule has 0 fully saturated rings. The third kappa shape index (κ3) is 3.92. The Bertz CT molecular complexity index is 248. The molecule has 0 aliphatic rings. The normalized spacial score (nSPS) is 10.2. The topological polar surface area (TPSA) is 49.7 Å². The highest BCUT2D eigenvalue weighted by atomic mass is 16.5. The van der Waals surface area contributed by atoms with Gasteiger partial charge in [0.25, 0.3) is 0 Å². The second kappa shape index (κ2) is 5.56. The molecule has 0 bridgehead atoms. The van der Waals surface area contributed by atoms with E-state index in [0.29, 0.717) is 19.6 Å². The fraction of sp³-hybridized carbons (Fsp3) is 0.400. The van der Waals surface area contributed by atoms with Gasteiger partial charge >= 0.3 is 0 Å². The highest BCUT2D eigenvalue weighted by Crippen LogP contribution is 2.11. The fourth-order valence-corrected chi connectivity index (χ4v) is 1.00. The van der Waals surface area contributed by atoms with E-state index in [0.717, 1.165) is 5.56 Å². The third-order valence-corrected chi connectivity index (χ3v) is 1.63. The molecule has 3 nitrogen and oxygen atoms in total. The van der Waals surface area contributed by atoms with Crippen molar-refractivity contribution in [2.75, 3.05) is 13.2 Å². The molecule has 0 heterocycles. The molecule has 3 heteroatoms. The summed E-state index contributed by atoms with van der Waals surface area (Å²) in [6, 6.07) is 6.95. The zero-order chi connectivity index (χ0) is 9.52. The maximum atomic E-state index is 9.12. The molecule has 2 N–H and O–H groups in total. The van der Waals surface area contributed by atoms with E-state index in [1.165, 1.54) is 0 Å². The van der Waals surface area contributed by atoms with Crippen LogP contribution in [0.15, 0.2) is 24.3 Å². The van der Waals surface area contributed by atoms with E-state index < -0.39 is 0 Å². The minimum absolute atomic E-state index is 0.153.